The van der Waals surface area contributed by atoms with E-state index in [9.17, 15) is 0 Å². The highest BCUT2D eigenvalue weighted by Crippen LogP contribution is 2.41. The van der Waals surface area contributed by atoms with E-state index in [0.717, 1.165) is 17.1 Å². The fraction of sp³-hybridized carbons (Fsp3) is 0.100. The van der Waals surface area contributed by atoms with Gasteiger partial charge in [0, 0.05) is 21.9 Å². The van der Waals surface area contributed by atoms with E-state index in [1.54, 1.807) is 11.3 Å². The monoisotopic (exact) mass is 241 g/mol. The van der Waals surface area contributed by atoms with Crippen molar-refractivity contribution in [3.05, 3.63) is 38.1 Å². The van der Waals surface area contributed by atoms with E-state index in [4.69, 9.17) is 23.2 Å². The van der Waals surface area contributed by atoms with Gasteiger partial charge in [0.15, 0.2) is 4.47 Å². The predicted molar refractivity (Wildman–Crippen MR) is 60.4 cm³/mol. The zero-order chi connectivity index (χ0) is 9.71. The lowest BCUT2D eigenvalue weighted by Gasteiger charge is -1.98. The second kappa shape index (κ2) is 2.96. The Labute approximate surface area is 95.3 Å². The van der Waals surface area contributed by atoms with Gasteiger partial charge in [-0.1, -0.05) is 29.3 Å². The van der Waals surface area contributed by atoms with Crippen LogP contribution in [0.2, 0.25) is 9.49 Å². The number of aromatic nitrogens is 1. The molecule has 70 valence electrons. The summed E-state index contributed by atoms with van der Waals surface area (Å²) in [4.78, 5) is 5.55. The largest absolute Gasteiger partial charge is 0.225 e. The summed E-state index contributed by atoms with van der Waals surface area (Å²) in [6.45, 7) is 0. The lowest BCUT2D eigenvalue weighted by Crippen LogP contribution is -1.80. The minimum atomic E-state index is 0.621. The van der Waals surface area contributed by atoms with Gasteiger partial charge < -0.3 is 0 Å². The molecule has 1 aromatic carbocycles. The topological polar surface area (TPSA) is 12.9 Å². The highest BCUT2D eigenvalue weighted by molar-refractivity contribution is 7.16. The molecular formula is C10H5Cl2NS. The summed E-state index contributed by atoms with van der Waals surface area (Å²) in [5.74, 6) is 0. The third-order valence-electron chi connectivity index (χ3n) is 2.34. The van der Waals surface area contributed by atoms with Crippen LogP contribution >= 0.6 is 34.5 Å². The fourth-order valence-electron chi connectivity index (χ4n) is 1.77. The second-order valence-corrected chi connectivity index (χ2v) is 5.32. The van der Waals surface area contributed by atoms with E-state index < -0.39 is 0 Å². The summed E-state index contributed by atoms with van der Waals surface area (Å²) in [5, 5.41) is 0.782. The molecule has 0 saturated heterocycles. The second-order valence-electron chi connectivity index (χ2n) is 3.22. The van der Waals surface area contributed by atoms with Crippen molar-refractivity contribution < 1.29 is 0 Å². The summed E-state index contributed by atoms with van der Waals surface area (Å²) < 4.78 is 0.621. The molecule has 0 spiro atoms. The zero-order valence-corrected chi connectivity index (χ0v) is 9.38. The number of fused-ring (bicyclic) bond motifs is 3. The SMILES string of the molecule is Clc1ccc2c(c1)Cc1sc(Cl)nc1-2. The molecule has 0 saturated carbocycles. The molecule has 0 bridgehead atoms. The van der Waals surface area contributed by atoms with Gasteiger partial charge in [-0.15, -0.1) is 11.3 Å². The Bertz CT molecular complexity index is 519. The van der Waals surface area contributed by atoms with Crippen molar-refractivity contribution >= 4 is 34.5 Å². The van der Waals surface area contributed by atoms with Crippen LogP contribution in [0, 0.1) is 0 Å². The maximum Gasteiger partial charge on any atom is 0.184 e. The Kier molecular flexibility index (Phi) is 1.84. The van der Waals surface area contributed by atoms with Crippen LogP contribution in [0.15, 0.2) is 18.2 Å². The van der Waals surface area contributed by atoms with Gasteiger partial charge in [0.25, 0.3) is 0 Å². The quantitative estimate of drug-likeness (QED) is 0.580. The molecule has 4 heteroatoms. The van der Waals surface area contributed by atoms with Gasteiger partial charge in [-0.05, 0) is 17.7 Å². The highest BCUT2D eigenvalue weighted by atomic mass is 35.5. The number of hydrogen-bond donors (Lipinski definition) is 0. The average molecular weight is 242 g/mol. The number of thiazole rings is 1. The molecule has 0 radical (unpaired) electrons. The van der Waals surface area contributed by atoms with Crippen molar-refractivity contribution in [2.75, 3.05) is 0 Å². The molecule has 1 aliphatic carbocycles. The molecule has 3 rings (SSSR count). The first kappa shape index (κ1) is 8.72. The summed E-state index contributed by atoms with van der Waals surface area (Å²) in [7, 11) is 0. The first-order valence-corrected chi connectivity index (χ1v) is 5.75. The Morgan fingerprint density at radius 1 is 1.29 bits per heavy atom. The lowest BCUT2D eigenvalue weighted by atomic mass is 10.1. The van der Waals surface area contributed by atoms with Gasteiger partial charge in [-0.3, -0.25) is 0 Å². The number of benzene rings is 1. The molecule has 1 aromatic heterocycles. The van der Waals surface area contributed by atoms with Crippen LogP contribution in [0.25, 0.3) is 11.3 Å². The lowest BCUT2D eigenvalue weighted by molar-refractivity contribution is 1.31. The van der Waals surface area contributed by atoms with Crippen LogP contribution in [0.5, 0.6) is 0 Å². The molecule has 1 nitrogen and oxygen atoms in total. The van der Waals surface area contributed by atoms with Gasteiger partial charge in [-0.2, -0.15) is 0 Å². The summed E-state index contributed by atoms with van der Waals surface area (Å²) in [6.07, 6.45) is 0.912. The van der Waals surface area contributed by atoms with Crippen LogP contribution in [0.4, 0.5) is 0 Å². The summed E-state index contributed by atoms with van der Waals surface area (Å²) >= 11 is 13.3. The number of nitrogens with zero attached hydrogens (tertiary/aromatic N) is 1. The van der Waals surface area contributed by atoms with Crippen molar-refractivity contribution in [2.45, 2.75) is 6.42 Å². The van der Waals surface area contributed by atoms with Crippen LogP contribution < -0.4 is 0 Å². The van der Waals surface area contributed by atoms with Gasteiger partial charge in [0.1, 0.15) is 0 Å². The molecule has 14 heavy (non-hydrogen) atoms. The van der Waals surface area contributed by atoms with Crippen molar-refractivity contribution in [3.63, 3.8) is 0 Å². The maximum atomic E-state index is 5.92. The maximum absolute atomic E-state index is 5.92. The molecular weight excluding hydrogens is 237 g/mol. The van der Waals surface area contributed by atoms with Crippen LogP contribution in [-0.4, -0.2) is 4.98 Å². The number of halogens is 2. The molecule has 0 atom stereocenters. The van der Waals surface area contributed by atoms with Gasteiger partial charge in [0.2, 0.25) is 0 Å². The summed E-state index contributed by atoms with van der Waals surface area (Å²) in [6, 6.07) is 5.90. The van der Waals surface area contributed by atoms with Crippen molar-refractivity contribution in [1.29, 1.82) is 0 Å². The standard InChI is InChI=1S/C10H5Cl2NS/c11-6-1-2-7-5(3-6)4-8-9(7)13-10(12)14-8/h1-3H,4H2. The molecule has 2 aromatic rings. The third kappa shape index (κ3) is 1.18. The van der Waals surface area contributed by atoms with Crippen molar-refractivity contribution in [1.82, 2.24) is 4.98 Å². The van der Waals surface area contributed by atoms with Crippen LogP contribution in [0.3, 0.4) is 0 Å². The molecule has 1 heterocycles. The highest BCUT2D eigenvalue weighted by Gasteiger charge is 2.22. The Balaban J connectivity index is 2.25. The molecule has 0 amide bonds. The smallest absolute Gasteiger partial charge is 0.184 e. The normalized spacial score (nSPS) is 12.7. The molecule has 0 N–H and O–H groups in total. The average Bonchev–Trinajstić information content (AvgIpc) is 2.59. The van der Waals surface area contributed by atoms with Crippen molar-refractivity contribution in [2.24, 2.45) is 0 Å². The van der Waals surface area contributed by atoms with E-state index in [1.165, 1.54) is 16.0 Å². The molecule has 1 aliphatic rings. The number of hydrogen-bond acceptors (Lipinski definition) is 2. The first-order chi connectivity index (χ1) is 6.74. The van der Waals surface area contributed by atoms with Gasteiger partial charge in [-0.25, -0.2) is 4.98 Å². The molecule has 0 aliphatic heterocycles. The Morgan fingerprint density at radius 2 is 2.14 bits per heavy atom. The van der Waals surface area contributed by atoms with E-state index in [2.05, 4.69) is 4.98 Å². The Hall–Kier alpha value is -0.570. The summed E-state index contributed by atoms with van der Waals surface area (Å²) in [5.41, 5.74) is 3.46. The van der Waals surface area contributed by atoms with E-state index >= 15 is 0 Å². The van der Waals surface area contributed by atoms with Gasteiger partial charge >= 0.3 is 0 Å². The van der Waals surface area contributed by atoms with Crippen LogP contribution in [0.1, 0.15) is 10.4 Å². The number of rotatable bonds is 0. The van der Waals surface area contributed by atoms with Crippen LogP contribution in [-0.2, 0) is 6.42 Å². The van der Waals surface area contributed by atoms with Crippen molar-refractivity contribution in [3.8, 4) is 11.3 Å². The molecule has 0 fully saturated rings. The van der Waals surface area contributed by atoms with E-state index in [-0.39, 0.29) is 0 Å². The van der Waals surface area contributed by atoms with Gasteiger partial charge in [0.05, 0.1) is 5.69 Å². The minimum Gasteiger partial charge on any atom is -0.225 e. The first-order valence-electron chi connectivity index (χ1n) is 4.18. The third-order valence-corrected chi connectivity index (χ3v) is 3.74. The predicted octanol–water partition coefficient (Wildman–Crippen LogP) is 4.02. The minimum absolute atomic E-state index is 0.621. The van der Waals surface area contributed by atoms with E-state index in [1.807, 2.05) is 18.2 Å². The Morgan fingerprint density at radius 3 is 3.00 bits per heavy atom. The fourth-order valence-corrected chi connectivity index (χ4v) is 3.14. The zero-order valence-electron chi connectivity index (χ0n) is 7.05. The molecule has 0 unspecified atom stereocenters. The van der Waals surface area contributed by atoms with E-state index in [0.29, 0.717) is 4.47 Å².